The van der Waals surface area contributed by atoms with Crippen LogP contribution in [0.3, 0.4) is 0 Å². The molecule has 4 unspecified atom stereocenters. The summed E-state index contributed by atoms with van der Waals surface area (Å²) in [4.78, 5) is 0. The van der Waals surface area contributed by atoms with Crippen molar-refractivity contribution in [1.82, 2.24) is 5.32 Å². The zero-order chi connectivity index (χ0) is 13.4. The van der Waals surface area contributed by atoms with Crippen LogP contribution < -0.4 is 5.32 Å². The average molecular weight is 253 g/mol. The van der Waals surface area contributed by atoms with Gasteiger partial charge in [0, 0.05) is 24.1 Å². The maximum absolute atomic E-state index is 5.88. The van der Waals surface area contributed by atoms with Crippen molar-refractivity contribution in [3.63, 3.8) is 0 Å². The molecule has 0 aliphatic heterocycles. The lowest BCUT2D eigenvalue weighted by atomic mass is 9.61. The summed E-state index contributed by atoms with van der Waals surface area (Å²) >= 11 is 0. The quantitative estimate of drug-likeness (QED) is 0.805. The highest BCUT2D eigenvalue weighted by molar-refractivity contribution is 5.06. The molecule has 2 aliphatic carbocycles. The molecule has 2 fully saturated rings. The van der Waals surface area contributed by atoms with E-state index in [1.54, 1.807) is 0 Å². The van der Waals surface area contributed by atoms with Gasteiger partial charge in [0.15, 0.2) is 0 Å². The molecule has 1 N–H and O–H groups in total. The van der Waals surface area contributed by atoms with E-state index in [0.29, 0.717) is 23.0 Å². The van der Waals surface area contributed by atoms with Gasteiger partial charge >= 0.3 is 0 Å². The minimum atomic E-state index is 0.350. The topological polar surface area (TPSA) is 21.3 Å². The van der Waals surface area contributed by atoms with Gasteiger partial charge in [-0.15, -0.1) is 0 Å². The van der Waals surface area contributed by atoms with E-state index in [1.807, 2.05) is 0 Å². The van der Waals surface area contributed by atoms with Crippen molar-refractivity contribution in [3.05, 3.63) is 0 Å². The van der Waals surface area contributed by atoms with E-state index in [4.69, 9.17) is 4.74 Å². The van der Waals surface area contributed by atoms with Crippen LogP contribution in [0.4, 0.5) is 0 Å². The highest BCUT2D eigenvalue weighted by atomic mass is 16.5. The highest BCUT2D eigenvalue weighted by Crippen LogP contribution is 2.47. The Hall–Kier alpha value is -0.0800. The van der Waals surface area contributed by atoms with Crippen LogP contribution in [-0.2, 0) is 4.74 Å². The monoisotopic (exact) mass is 253 g/mol. The summed E-state index contributed by atoms with van der Waals surface area (Å²) in [7, 11) is 0. The van der Waals surface area contributed by atoms with Crippen molar-refractivity contribution in [2.45, 2.75) is 84.9 Å². The fraction of sp³-hybridized carbons (Fsp3) is 1.00. The molecule has 2 nitrogen and oxygen atoms in total. The van der Waals surface area contributed by atoms with Crippen LogP contribution in [0.1, 0.15) is 66.7 Å². The Labute approximate surface area is 113 Å². The van der Waals surface area contributed by atoms with Gasteiger partial charge in [0.1, 0.15) is 0 Å². The molecule has 106 valence electrons. The Kier molecular flexibility index (Phi) is 4.08. The first-order valence-corrected chi connectivity index (χ1v) is 7.79. The Balaban J connectivity index is 1.88. The van der Waals surface area contributed by atoms with Gasteiger partial charge < -0.3 is 10.1 Å². The predicted molar refractivity (Wildman–Crippen MR) is 76.8 cm³/mol. The fourth-order valence-corrected chi connectivity index (χ4v) is 3.87. The summed E-state index contributed by atoms with van der Waals surface area (Å²) in [5.74, 6) is 0. The van der Waals surface area contributed by atoms with E-state index in [0.717, 1.165) is 12.6 Å². The van der Waals surface area contributed by atoms with E-state index in [9.17, 15) is 0 Å². The van der Waals surface area contributed by atoms with E-state index in [-0.39, 0.29) is 0 Å². The molecule has 18 heavy (non-hydrogen) atoms. The summed E-state index contributed by atoms with van der Waals surface area (Å²) in [6.07, 6.45) is 6.94. The molecule has 0 heterocycles. The Morgan fingerprint density at radius 1 is 1.22 bits per heavy atom. The van der Waals surface area contributed by atoms with Crippen molar-refractivity contribution < 1.29 is 4.74 Å². The van der Waals surface area contributed by atoms with E-state index in [1.165, 1.54) is 32.1 Å². The average Bonchev–Trinajstić information content (AvgIpc) is 2.66. The second-order valence-electron chi connectivity index (χ2n) is 7.36. The van der Waals surface area contributed by atoms with Gasteiger partial charge in [-0.2, -0.15) is 0 Å². The number of rotatable bonds is 5. The molecule has 0 spiro atoms. The van der Waals surface area contributed by atoms with E-state index in [2.05, 4.69) is 39.9 Å². The maximum atomic E-state index is 5.88. The molecule has 2 rings (SSSR count). The lowest BCUT2D eigenvalue weighted by Crippen LogP contribution is -2.63. The van der Waals surface area contributed by atoms with E-state index < -0.39 is 0 Å². The van der Waals surface area contributed by atoms with Crippen molar-refractivity contribution in [2.75, 3.05) is 6.61 Å². The summed E-state index contributed by atoms with van der Waals surface area (Å²) in [5, 5.41) is 3.92. The predicted octanol–water partition coefficient (Wildman–Crippen LogP) is 3.75. The van der Waals surface area contributed by atoms with Crippen LogP contribution in [0.2, 0.25) is 0 Å². The molecule has 2 saturated carbocycles. The molecule has 0 aromatic rings. The molecule has 2 aliphatic rings. The normalized spacial score (nSPS) is 42.8. The maximum Gasteiger partial charge on any atom is 0.0658 e. The molecule has 0 bridgehead atoms. The first-order chi connectivity index (χ1) is 8.41. The van der Waals surface area contributed by atoms with Gasteiger partial charge in [0.05, 0.1) is 6.10 Å². The third kappa shape index (κ3) is 2.60. The number of nitrogens with one attached hydrogen (secondary N) is 1. The third-order valence-electron chi connectivity index (χ3n) is 5.52. The molecule has 0 radical (unpaired) electrons. The summed E-state index contributed by atoms with van der Waals surface area (Å²) in [6, 6.07) is 1.40. The van der Waals surface area contributed by atoms with E-state index >= 15 is 0 Å². The molecular formula is C16H31NO. The number of ether oxygens (including phenoxy) is 1. The molecule has 2 heteroatoms. The van der Waals surface area contributed by atoms with Crippen LogP contribution in [0.25, 0.3) is 0 Å². The SMILES string of the molecule is CCOC1CC(NC2CCC(C)(C)C2)C1(C)CC. The zero-order valence-electron chi connectivity index (χ0n) is 12.9. The molecule has 0 saturated heterocycles. The third-order valence-corrected chi connectivity index (χ3v) is 5.52. The van der Waals surface area contributed by atoms with Gasteiger partial charge in [-0.05, 0) is 44.4 Å². The molecular weight excluding hydrogens is 222 g/mol. The largest absolute Gasteiger partial charge is 0.378 e. The van der Waals surface area contributed by atoms with Gasteiger partial charge in [-0.1, -0.05) is 27.7 Å². The molecule has 0 amide bonds. The van der Waals surface area contributed by atoms with Gasteiger partial charge in [0.25, 0.3) is 0 Å². The lowest BCUT2D eigenvalue weighted by molar-refractivity contribution is -0.128. The van der Waals surface area contributed by atoms with Crippen LogP contribution in [0, 0.1) is 10.8 Å². The standard InChI is InChI=1S/C16H31NO/c1-6-16(5)13(10-14(16)18-7-2)17-12-8-9-15(3,4)11-12/h12-14,17H,6-11H2,1-5H3. The van der Waals surface area contributed by atoms with Crippen LogP contribution >= 0.6 is 0 Å². The first-order valence-electron chi connectivity index (χ1n) is 7.79. The Morgan fingerprint density at radius 3 is 2.44 bits per heavy atom. The van der Waals surface area contributed by atoms with Crippen LogP contribution in [0.5, 0.6) is 0 Å². The van der Waals surface area contributed by atoms with Crippen LogP contribution in [0.15, 0.2) is 0 Å². The van der Waals surface area contributed by atoms with Crippen molar-refractivity contribution >= 4 is 0 Å². The minimum Gasteiger partial charge on any atom is -0.378 e. The van der Waals surface area contributed by atoms with Crippen molar-refractivity contribution in [3.8, 4) is 0 Å². The zero-order valence-corrected chi connectivity index (χ0v) is 12.9. The summed E-state index contributed by atoms with van der Waals surface area (Å²) < 4.78 is 5.88. The van der Waals surface area contributed by atoms with Crippen molar-refractivity contribution in [2.24, 2.45) is 10.8 Å². The minimum absolute atomic E-state index is 0.350. The first kappa shape index (κ1) is 14.3. The molecule has 4 atom stereocenters. The lowest BCUT2D eigenvalue weighted by Gasteiger charge is -2.54. The van der Waals surface area contributed by atoms with Crippen LogP contribution in [-0.4, -0.2) is 24.8 Å². The highest BCUT2D eigenvalue weighted by Gasteiger charge is 2.51. The Bertz CT molecular complexity index is 289. The Morgan fingerprint density at radius 2 is 1.94 bits per heavy atom. The fourth-order valence-electron chi connectivity index (χ4n) is 3.87. The molecule has 0 aromatic heterocycles. The smallest absolute Gasteiger partial charge is 0.0658 e. The second kappa shape index (κ2) is 5.13. The van der Waals surface area contributed by atoms with Crippen molar-refractivity contribution in [1.29, 1.82) is 0 Å². The second-order valence-corrected chi connectivity index (χ2v) is 7.36. The van der Waals surface area contributed by atoms with Gasteiger partial charge in [-0.3, -0.25) is 0 Å². The van der Waals surface area contributed by atoms with Gasteiger partial charge in [-0.25, -0.2) is 0 Å². The number of hydrogen-bond acceptors (Lipinski definition) is 2. The molecule has 0 aromatic carbocycles. The number of hydrogen-bond donors (Lipinski definition) is 1. The van der Waals surface area contributed by atoms with Gasteiger partial charge in [0.2, 0.25) is 0 Å². The summed E-state index contributed by atoms with van der Waals surface area (Å²) in [5.41, 5.74) is 0.895. The summed E-state index contributed by atoms with van der Waals surface area (Å²) in [6.45, 7) is 12.5.